The summed E-state index contributed by atoms with van der Waals surface area (Å²) < 4.78 is 2.24. The zero-order valence-corrected chi connectivity index (χ0v) is 16.6. The van der Waals surface area contributed by atoms with Gasteiger partial charge in [-0.3, -0.25) is 14.2 Å². The van der Waals surface area contributed by atoms with E-state index in [-0.39, 0.29) is 23.6 Å². The first-order valence-electron chi connectivity index (χ1n) is 9.14. The number of amides is 1. The maximum atomic E-state index is 12.8. The van der Waals surface area contributed by atoms with Gasteiger partial charge in [0.25, 0.3) is 5.56 Å². The molecule has 1 fully saturated rings. The van der Waals surface area contributed by atoms with Crippen molar-refractivity contribution in [3.05, 3.63) is 21.8 Å². The van der Waals surface area contributed by atoms with Crippen molar-refractivity contribution in [3.8, 4) is 0 Å². The second-order valence-electron chi connectivity index (χ2n) is 6.55. The number of nitrogens with zero attached hydrogens (tertiary/aromatic N) is 3. The van der Waals surface area contributed by atoms with Gasteiger partial charge in [-0.05, 0) is 43.6 Å². The second-order valence-corrected chi connectivity index (χ2v) is 8.40. The maximum Gasteiger partial charge on any atom is 0.272 e. The standard InChI is InChI=1S/C18H23N3O4S2/c22-14(20-8-4-5-9-20)12-27-18-19-13-7-11-26-16(13)17(25)21(18)10-3-1-2-6-15(23)24/h7,11H,1-6,8-10,12H2,(H,23,24)/p-1. The minimum absolute atomic E-state index is 0.0308. The summed E-state index contributed by atoms with van der Waals surface area (Å²) in [5.41, 5.74) is 0.570. The van der Waals surface area contributed by atoms with Gasteiger partial charge >= 0.3 is 0 Å². The van der Waals surface area contributed by atoms with Gasteiger partial charge in [0.05, 0.1) is 11.3 Å². The lowest BCUT2D eigenvalue weighted by molar-refractivity contribution is -0.305. The van der Waals surface area contributed by atoms with Gasteiger partial charge in [-0.25, -0.2) is 4.98 Å². The first kappa shape index (κ1) is 19.9. The molecule has 27 heavy (non-hydrogen) atoms. The van der Waals surface area contributed by atoms with Crippen LogP contribution < -0.4 is 10.7 Å². The third kappa shape index (κ3) is 5.10. The molecule has 0 N–H and O–H groups in total. The van der Waals surface area contributed by atoms with Crippen LogP contribution in [0.25, 0.3) is 10.2 Å². The van der Waals surface area contributed by atoms with Gasteiger partial charge in [-0.15, -0.1) is 11.3 Å². The first-order valence-corrected chi connectivity index (χ1v) is 11.0. The van der Waals surface area contributed by atoms with Crippen LogP contribution in [0.2, 0.25) is 0 Å². The topological polar surface area (TPSA) is 95.3 Å². The Morgan fingerprint density at radius 1 is 1.22 bits per heavy atom. The molecule has 1 aliphatic rings. The third-order valence-electron chi connectivity index (χ3n) is 4.58. The molecule has 0 radical (unpaired) electrons. The van der Waals surface area contributed by atoms with E-state index in [0.29, 0.717) is 41.2 Å². The normalized spacial score (nSPS) is 14.1. The Hall–Kier alpha value is -1.87. The van der Waals surface area contributed by atoms with E-state index in [0.717, 1.165) is 25.9 Å². The van der Waals surface area contributed by atoms with Crippen LogP contribution in [0.1, 0.15) is 38.5 Å². The van der Waals surface area contributed by atoms with Gasteiger partial charge in [0.15, 0.2) is 5.16 Å². The molecule has 0 unspecified atom stereocenters. The molecule has 2 aromatic heterocycles. The zero-order valence-electron chi connectivity index (χ0n) is 15.0. The quantitative estimate of drug-likeness (QED) is 0.354. The summed E-state index contributed by atoms with van der Waals surface area (Å²) in [6, 6.07) is 1.82. The fourth-order valence-electron chi connectivity index (χ4n) is 3.13. The molecule has 146 valence electrons. The molecule has 7 nitrogen and oxygen atoms in total. The Labute approximate surface area is 165 Å². The summed E-state index contributed by atoms with van der Waals surface area (Å²) >= 11 is 2.67. The van der Waals surface area contributed by atoms with E-state index in [1.165, 1.54) is 23.1 Å². The van der Waals surface area contributed by atoms with Crippen molar-refractivity contribution in [2.24, 2.45) is 0 Å². The molecule has 1 saturated heterocycles. The average molecular weight is 409 g/mol. The summed E-state index contributed by atoms with van der Waals surface area (Å²) in [6.07, 6.45) is 4.03. The average Bonchev–Trinajstić information content (AvgIpc) is 3.32. The van der Waals surface area contributed by atoms with Crippen LogP contribution in [-0.4, -0.2) is 45.2 Å². The molecule has 0 spiro atoms. The lowest BCUT2D eigenvalue weighted by Gasteiger charge is -2.16. The highest BCUT2D eigenvalue weighted by Crippen LogP contribution is 2.22. The summed E-state index contributed by atoms with van der Waals surface area (Å²) in [4.78, 5) is 42.1. The van der Waals surface area contributed by atoms with Gasteiger partial charge in [-0.1, -0.05) is 18.2 Å². The number of unbranched alkanes of at least 4 members (excludes halogenated alkanes) is 2. The summed E-state index contributed by atoms with van der Waals surface area (Å²) in [7, 11) is 0. The predicted molar refractivity (Wildman–Crippen MR) is 104 cm³/mol. The van der Waals surface area contributed by atoms with E-state index in [2.05, 4.69) is 4.98 Å². The molecular weight excluding hydrogens is 386 g/mol. The number of thioether (sulfide) groups is 1. The number of fused-ring (bicyclic) bond motifs is 1. The van der Waals surface area contributed by atoms with E-state index < -0.39 is 5.97 Å². The number of rotatable bonds is 9. The number of carboxylic acids is 1. The SMILES string of the molecule is O=C([O-])CCCCCn1c(SCC(=O)N2CCCC2)nc2ccsc2c1=O. The van der Waals surface area contributed by atoms with Crippen molar-refractivity contribution < 1.29 is 14.7 Å². The molecule has 1 aliphatic heterocycles. The van der Waals surface area contributed by atoms with Crippen molar-refractivity contribution >= 4 is 45.2 Å². The maximum absolute atomic E-state index is 12.8. The molecule has 0 atom stereocenters. The molecule has 2 aromatic rings. The minimum Gasteiger partial charge on any atom is -0.550 e. The Bertz CT molecular complexity index is 871. The number of aromatic nitrogens is 2. The van der Waals surface area contributed by atoms with E-state index in [1.54, 1.807) is 4.57 Å². The van der Waals surface area contributed by atoms with E-state index in [4.69, 9.17) is 0 Å². The highest BCUT2D eigenvalue weighted by atomic mass is 32.2. The number of carboxylic acid groups (broad SMARTS) is 1. The third-order valence-corrected chi connectivity index (χ3v) is 6.43. The predicted octanol–water partition coefficient (Wildman–Crippen LogP) is 1.48. The fourth-order valence-corrected chi connectivity index (χ4v) is 4.84. The number of carbonyl (C=O) groups is 2. The smallest absolute Gasteiger partial charge is 0.272 e. The lowest BCUT2D eigenvalue weighted by atomic mass is 10.2. The molecular formula is C18H22N3O4S2-. The fraction of sp³-hybridized carbons (Fsp3) is 0.556. The van der Waals surface area contributed by atoms with Crippen molar-refractivity contribution in [2.75, 3.05) is 18.8 Å². The summed E-state index contributed by atoms with van der Waals surface area (Å²) in [5.74, 6) is -0.699. The minimum atomic E-state index is -1.05. The van der Waals surface area contributed by atoms with Crippen molar-refractivity contribution in [1.29, 1.82) is 0 Å². The highest BCUT2D eigenvalue weighted by Gasteiger charge is 2.19. The van der Waals surface area contributed by atoms with Gasteiger partial charge in [0.2, 0.25) is 5.91 Å². The van der Waals surface area contributed by atoms with Crippen LogP contribution in [0.4, 0.5) is 0 Å². The molecule has 3 rings (SSSR count). The Morgan fingerprint density at radius 3 is 2.74 bits per heavy atom. The second kappa shape index (κ2) is 9.36. The highest BCUT2D eigenvalue weighted by molar-refractivity contribution is 7.99. The largest absolute Gasteiger partial charge is 0.550 e. The molecule has 0 bridgehead atoms. The number of aliphatic carboxylic acids is 1. The monoisotopic (exact) mass is 408 g/mol. The summed E-state index contributed by atoms with van der Waals surface area (Å²) in [6.45, 7) is 2.08. The van der Waals surface area contributed by atoms with Crippen LogP contribution in [0.3, 0.4) is 0 Å². The Morgan fingerprint density at radius 2 is 2.00 bits per heavy atom. The Balaban J connectivity index is 1.70. The number of likely N-dealkylation sites (tertiary alicyclic amines) is 1. The van der Waals surface area contributed by atoms with Gasteiger partial charge in [-0.2, -0.15) is 0 Å². The number of thiophene rings is 1. The lowest BCUT2D eigenvalue weighted by Crippen LogP contribution is -2.30. The van der Waals surface area contributed by atoms with Crippen LogP contribution in [0.5, 0.6) is 0 Å². The molecule has 0 aromatic carbocycles. The molecule has 0 saturated carbocycles. The number of hydrogen-bond acceptors (Lipinski definition) is 7. The van der Waals surface area contributed by atoms with Crippen LogP contribution in [0, 0.1) is 0 Å². The van der Waals surface area contributed by atoms with Crippen LogP contribution in [-0.2, 0) is 16.1 Å². The summed E-state index contributed by atoms with van der Waals surface area (Å²) in [5, 5.41) is 12.9. The Kier molecular flexibility index (Phi) is 6.89. The van der Waals surface area contributed by atoms with Crippen molar-refractivity contribution in [1.82, 2.24) is 14.5 Å². The van der Waals surface area contributed by atoms with E-state index >= 15 is 0 Å². The molecule has 9 heteroatoms. The van der Waals surface area contributed by atoms with Crippen LogP contribution >= 0.6 is 23.1 Å². The van der Waals surface area contributed by atoms with E-state index in [1.807, 2.05) is 16.3 Å². The van der Waals surface area contributed by atoms with Crippen LogP contribution in [0.15, 0.2) is 21.4 Å². The number of hydrogen-bond donors (Lipinski definition) is 0. The molecule has 0 aliphatic carbocycles. The number of carbonyl (C=O) groups excluding carboxylic acids is 2. The van der Waals surface area contributed by atoms with Gasteiger partial charge < -0.3 is 14.8 Å². The van der Waals surface area contributed by atoms with Gasteiger partial charge in [0, 0.05) is 25.6 Å². The zero-order chi connectivity index (χ0) is 19.2. The van der Waals surface area contributed by atoms with Gasteiger partial charge in [0.1, 0.15) is 4.70 Å². The molecule has 1 amide bonds. The van der Waals surface area contributed by atoms with E-state index in [9.17, 15) is 19.5 Å². The van der Waals surface area contributed by atoms with Crippen molar-refractivity contribution in [2.45, 2.75) is 50.2 Å². The first-order chi connectivity index (χ1) is 13.1. The van der Waals surface area contributed by atoms with Crippen molar-refractivity contribution in [3.63, 3.8) is 0 Å². The molecule has 3 heterocycles.